The highest BCUT2D eigenvalue weighted by molar-refractivity contribution is 6.13. The molecule has 1 unspecified atom stereocenters. The Morgan fingerprint density at radius 1 is 1.38 bits per heavy atom. The normalized spacial score (nSPS) is 12.2. The molecule has 7 nitrogen and oxygen atoms in total. The van der Waals surface area contributed by atoms with Crippen LogP contribution in [0.1, 0.15) is 27.2 Å². The number of esters is 1. The number of anilines is 2. The maximum atomic E-state index is 13.5. The summed E-state index contributed by atoms with van der Waals surface area (Å²) in [5, 5.41) is 14.0. The molecule has 0 aliphatic rings. The van der Waals surface area contributed by atoms with Crippen LogP contribution in [0.5, 0.6) is 0 Å². The molecule has 0 aliphatic heterocycles. The fraction of sp³-hybridized carbons (Fsp3) is 0.312. The summed E-state index contributed by atoms with van der Waals surface area (Å²) in [4.78, 5) is 34.0. The molecular formula is C16H19FN2O5. The molecule has 3 N–H and O–H groups in total. The zero-order valence-electron chi connectivity index (χ0n) is 13.6. The van der Waals surface area contributed by atoms with E-state index in [1.54, 1.807) is 13.8 Å². The lowest BCUT2D eigenvalue weighted by Crippen LogP contribution is -2.21. The van der Waals surface area contributed by atoms with Gasteiger partial charge in [0.05, 0.1) is 11.8 Å². The fourth-order valence-electron chi connectivity index (χ4n) is 1.59. The van der Waals surface area contributed by atoms with Crippen LogP contribution in [0, 0.1) is 5.82 Å². The molecule has 1 aromatic carbocycles. The molecule has 1 amide bonds. The van der Waals surface area contributed by atoms with Crippen molar-refractivity contribution in [1.82, 2.24) is 0 Å². The lowest BCUT2D eigenvalue weighted by atomic mass is 10.2. The second kappa shape index (κ2) is 8.66. The van der Waals surface area contributed by atoms with Gasteiger partial charge in [-0.2, -0.15) is 0 Å². The van der Waals surface area contributed by atoms with Crippen LogP contribution in [0.3, 0.4) is 0 Å². The largest absolute Gasteiger partial charge is 0.477 e. The summed E-state index contributed by atoms with van der Waals surface area (Å²) in [7, 11) is 0. The number of benzene rings is 1. The molecule has 0 aliphatic carbocycles. The first-order valence-electron chi connectivity index (χ1n) is 7.22. The first kappa shape index (κ1) is 19.1. The van der Waals surface area contributed by atoms with E-state index in [1.165, 1.54) is 19.1 Å². The number of carboxylic acids is 1. The van der Waals surface area contributed by atoms with Crippen LogP contribution in [0.15, 0.2) is 30.0 Å². The molecule has 0 spiro atoms. The van der Waals surface area contributed by atoms with E-state index < -0.39 is 35.3 Å². The molecule has 1 rings (SSSR count). The maximum Gasteiger partial charge on any atom is 0.347 e. The molecular weight excluding hydrogens is 319 g/mol. The molecule has 1 atom stereocenters. The van der Waals surface area contributed by atoms with Crippen LogP contribution in [-0.2, 0) is 19.1 Å². The Balaban J connectivity index is 2.96. The highest BCUT2D eigenvalue weighted by Crippen LogP contribution is 2.20. The van der Waals surface area contributed by atoms with E-state index in [9.17, 15) is 18.8 Å². The van der Waals surface area contributed by atoms with Crippen LogP contribution >= 0.6 is 0 Å². The van der Waals surface area contributed by atoms with Crippen molar-refractivity contribution in [3.63, 3.8) is 0 Å². The second-order valence-corrected chi connectivity index (χ2v) is 5.01. The van der Waals surface area contributed by atoms with Crippen molar-refractivity contribution in [2.45, 2.75) is 33.3 Å². The minimum Gasteiger partial charge on any atom is -0.477 e. The van der Waals surface area contributed by atoms with Gasteiger partial charge in [-0.1, -0.05) is 6.92 Å². The van der Waals surface area contributed by atoms with Gasteiger partial charge in [0.25, 0.3) is 0 Å². The quantitative estimate of drug-likeness (QED) is 0.305. The predicted octanol–water partition coefficient (Wildman–Crippen LogP) is 2.51. The molecule has 0 saturated heterocycles. The first-order chi connectivity index (χ1) is 11.2. The number of aliphatic carboxylic acids is 1. The van der Waals surface area contributed by atoms with Crippen molar-refractivity contribution in [2.75, 3.05) is 10.6 Å². The van der Waals surface area contributed by atoms with E-state index in [1.807, 2.05) is 0 Å². The first-order valence-corrected chi connectivity index (χ1v) is 7.22. The van der Waals surface area contributed by atoms with Crippen molar-refractivity contribution in [3.8, 4) is 0 Å². The van der Waals surface area contributed by atoms with Crippen molar-refractivity contribution in [2.24, 2.45) is 0 Å². The third-order valence-electron chi connectivity index (χ3n) is 2.99. The number of amides is 1. The molecule has 0 saturated carbocycles. The number of nitrogens with one attached hydrogen (secondary N) is 2. The predicted molar refractivity (Wildman–Crippen MR) is 85.9 cm³/mol. The van der Waals surface area contributed by atoms with Crippen LogP contribution in [0.2, 0.25) is 0 Å². The Morgan fingerprint density at radius 3 is 2.58 bits per heavy atom. The molecule has 0 radical (unpaired) electrons. The number of halogens is 1. The Hall–Kier alpha value is -2.90. The lowest BCUT2D eigenvalue weighted by molar-refractivity contribution is -0.147. The summed E-state index contributed by atoms with van der Waals surface area (Å²) >= 11 is 0. The van der Waals surface area contributed by atoms with E-state index in [-0.39, 0.29) is 11.4 Å². The Labute approximate surface area is 138 Å². The summed E-state index contributed by atoms with van der Waals surface area (Å²) in [6.07, 6.45) is 1.08. The fourth-order valence-corrected chi connectivity index (χ4v) is 1.59. The van der Waals surface area contributed by atoms with Gasteiger partial charge < -0.3 is 20.5 Å². The number of rotatable bonds is 7. The van der Waals surface area contributed by atoms with Crippen molar-refractivity contribution in [3.05, 3.63) is 35.8 Å². The summed E-state index contributed by atoms with van der Waals surface area (Å²) in [6.45, 7) is 4.67. The SMILES string of the molecule is CCC(C)OC(=O)C(=CNc1ccc(F)c(NC(C)=O)c1)C(=O)O. The molecule has 0 aromatic heterocycles. The minimum absolute atomic E-state index is 0.0695. The number of carbonyl (C=O) groups excluding carboxylic acids is 2. The smallest absolute Gasteiger partial charge is 0.347 e. The molecule has 0 bridgehead atoms. The van der Waals surface area contributed by atoms with Gasteiger partial charge >= 0.3 is 11.9 Å². The Kier molecular flexibility index (Phi) is 6.91. The minimum atomic E-state index is -1.46. The monoisotopic (exact) mass is 338 g/mol. The maximum absolute atomic E-state index is 13.5. The van der Waals surface area contributed by atoms with E-state index in [4.69, 9.17) is 9.84 Å². The third-order valence-corrected chi connectivity index (χ3v) is 2.99. The van der Waals surface area contributed by atoms with Gasteiger partial charge in [-0.05, 0) is 31.5 Å². The van der Waals surface area contributed by atoms with Gasteiger partial charge in [0, 0.05) is 18.8 Å². The van der Waals surface area contributed by atoms with Gasteiger partial charge in [0.2, 0.25) is 5.91 Å². The zero-order chi connectivity index (χ0) is 18.3. The van der Waals surface area contributed by atoms with Gasteiger partial charge in [0.1, 0.15) is 5.82 Å². The Bertz CT molecular complexity index is 672. The van der Waals surface area contributed by atoms with Gasteiger partial charge in [-0.25, -0.2) is 14.0 Å². The third kappa shape index (κ3) is 5.71. The molecule has 1 aromatic rings. The van der Waals surface area contributed by atoms with E-state index in [2.05, 4.69) is 10.6 Å². The molecule has 24 heavy (non-hydrogen) atoms. The number of hydrogen-bond acceptors (Lipinski definition) is 5. The zero-order valence-corrected chi connectivity index (χ0v) is 13.6. The van der Waals surface area contributed by atoms with Gasteiger partial charge in [-0.3, -0.25) is 4.79 Å². The molecule has 0 fully saturated rings. The number of carbonyl (C=O) groups is 3. The van der Waals surface area contributed by atoms with Crippen LogP contribution < -0.4 is 10.6 Å². The highest BCUT2D eigenvalue weighted by atomic mass is 19.1. The van der Waals surface area contributed by atoms with Crippen molar-refractivity contribution in [1.29, 1.82) is 0 Å². The molecule has 8 heteroatoms. The second-order valence-electron chi connectivity index (χ2n) is 5.01. The van der Waals surface area contributed by atoms with E-state index in [0.717, 1.165) is 12.3 Å². The molecule has 130 valence electrons. The molecule has 0 heterocycles. The highest BCUT2D eigenvalue weighted by Gasteiger charge is 2.20. The number of carboxylic acid groups (broad SMARTS) is 1. The van der Waals surface area contributed by atoms with E-state index >= 15 is 0 Å². The number of hydrogen-bond donors (Lipinski definition) is 3. The number of ether oxygens (including phenoxy) is 1. The van der Waals surface area contributed by atoms with Crippen LogP contribution in [-0.4, -0.2) is 29.1 Å². The summed E-state index contributed by atoms with van der Waals surface area (Å²) in [5.41, 5.74) is -0.379. The van der Waals surface area contributed by atoms with Gasteiger partial charge in [-0.15, -0.1) is 0 Å². The van der Waals surface area contributed by atoms with Gasteiger partial charge in [0.15, 0.2) is 5.57 Å². The lowest BCUT2D eigenvalue weighted by Gasteiger charge is -2.11. The average molecular weight is 338 g/mol. The van der Waals surface area contributed by atoms with Crippen LogP contribution in [0.25, 0.3) is 0 Å². The van der Waals surface area contributed by atoms with Crippen LogP contribution in [0.4, 0.5) is 15.8 Å². The Morgan fingerprint density at radius 2 is 2.04 bits per heavy atom. The topological polar surface area (TPSA) is 105 Å². The van der Waals surface area contributed by atoms with Crippen molar-refractivity contribution >= 4 is 29.2 Å². The van der Waals surface area contributed by atoms with Crippen molar-refractivity contribution < 1.29 is 28.6 Å². The average Bonchev–Trinajstić information content (AvgIpc) is 2.49. The summed E-state index contributed by atoms with van der Waals surface area (Å²) in [5.74, 6) is -3.53. The summed E-state index contributed by atoms with van der Waals surface area (Å²) < 4.78 is 18.5. The summed E-state index contributed by atoms with van der Waals surface area (Å²) in [6, 6.07) is 3.70. The van der Waals surface area contributed by atoms with E-state index in [0.29, 0.717) is 6.42 Å². The standard InChI is InChI=1S/C16H19FN2O5/c1-4-9(2)24-16(23)12(15(21)22)8-18-11-5-6-13(17)14(7-11)19-10(3)20/h5-9,18H,4H2,1-3H3,(H,19,20)(H,21,22).